The highest BCUT2D eigenvalue weighted by molar-refractivity contribution is 7.93. The van der Waals surface area contributed by atoms with Crippen molar-refractivity contribution in [3.8, 4) is 11.1 Å². The van der Waals surface area contributed by atoms with E-state index in [2.05, 4.69) is 4.98 Å². The first-order chi connectivity index (χ1) is 7.31. The molecule has 0 aliphatic rings. The molecular weight excluding hydrogens is 206 g/mol. The fourth-order valence-electron chi connectivity index (χ4n) is 1.48. The first kappa shape index (κ1) is 10.2. The lowest BCUT2D eigenvalue weighted by molar-refractivity contribution is 0.664. The van der Waals surface area contributed by atoms with Gasteiger partial charge in [-0.3, -0.25) is 4.98 Å². The Hall–Kier alpha value is -1.32. The Balaban J connectivity index is 2.42. The normalized spacial score (nSPS) is 10.3. The molecule has 0 saturated heterocycles. The second kappa shape index (κ2) is 4.47. The topological polar surface area (TPSA) is 33.1 Å². The second-order valence-electron chi connectivity index (χ2n) is 3.25. The van der Waals surface area contributed by atoms with Crippen LogP contribution in [0.15, 0.2) is 47.5 Å². The van der Waals surface area contributed by atoms with Crippen LogP contribution in [0.4, 0.5) is 0 Å². The van der Waals surface area contributed by atoms with Gasteiger partial charge < -0.3 is 4.55 Å². The Bertz CT molecular complexity index is 453. The van der Waals surface area contributed by atoms with E-state index in [4.69, 9.17) is 4.55 Å². The van der Waals surface area contributed by atoms with Crippen molar-refractivity contribution in [1.29, 1.82) is 0 Å². The van der Waals surface area contributed by atoms with Gasteiger partial charge in [0.25, 0.3) is 0 Å². The van der Waals surface area contributed by atoms with E-state index >= 15 is 0 Å². The van der Waals surface area contributed by atoms with Crippen molar-refractivity contribution in [3.05, 3.63) is 48.3 Å². The molecule has 0 aliphatic carbocycles. The number of aryl methyl sites for hydroxylation is 1. The van der Waals surface area contributed by atoms with Crippen LogP contribution in [-0.2, 0) is 0 Å². The van der Waals surface area contributed by atoms with E-state index in [0.29, 0.717) is 0 Å². The minimum Gasteiger partial charge on any atom is -0.325 e. The van der Waals surface area contributed by atoms with E-state index in [1.54, 1.807) is 6.20 Å². The van der Waals surface area contributed by atoms with Crippen molar-refractivity contribution in [2.24, 2.45) is 0 Å². The van der Waals surface area contributed by atoms with Crippen molar-refractivity contribution in [3.63, 3.8) is 0 Å². The maximum atomic E-state index is 8.86. The summed E-state index contributed by atoms with van der Waals surface area (Å²) in [5, 5.41) is 0. The molecule has 76 valence electrons. The van der Waals surface area contributed by atoms with E-state index in [9.17, 15) is 0 Å². The highest BCUT2D eigenvalue weighted by atomic mass is 32.2. The molecule has 3 heteroatoms. The zero-order valence-electron chi connectivity index (χ0n) is 8.34. The average Bonchev–Trinajstić information content (AvgIpc) is 2.30. The summed E-state index contributed by atoms with van der Waals surface area (Å²) in [7, 11) is 0. The first-order valence-electron chi connectivity index (χ1n) is 4.65. The standard InChI is InChI=1S/C12H11NOS/c1-9-12(3-2-8-13-9)10-4-6-11(15-14)7-5-10/h2-8,14H,1H3. The number of aromatic nitrogens is 1. The van der Waals surface area contributed by atoms with Crippen molar-refractivity contribution in [2.75, 3.05) is 0 Å². The molecule has 2 rings (SSSR count). The van der Waals surface area contributed by atoms with Gasteiger partial charge >= 0.3 is 0 Å². The van der Waals surface area contributed by atoms with E-state index < -0.39 is 0 Å². The summed E-state index contributed by atoms with van der Waals surface area (Å²) in [6.07, 6.45) is 1.79. The Morgan fingerprint density at radius 1 is 1.13 bits per heavy atom. The van der Waals surface area contributed by atoms with E-state index in [1.165, 1.54) is 0 Å². The molecule has 2 aromatic rings. The number of rotatable bonds is 2. The van der Waals surface area contributed by atoms with Gasteiger partial charge in [-0.15, -0.1) is 0 Å². The molecule has 0 radical (unpaired) electrons. The van der Waals surface area contributed by atoms with Gasteiger partial charge in [0.2, 0.25) is 0 Å². The van der Waals surface area contributed by atoms with Crippen LogP contribution in [0.2, 0.25) is 0 Å². The second-order valence-corrected chi connectivity index (χ2v) is 3.91. The molecule has 0 atom stereocenters. The molecule has 15 heavy (non-hydrogen) atoms. The molecule has 1 heterocycles. The zero-order chi connectivity index (χ0) is 10.7. The van der Waals surface area contributed by atoms with Crippen molar-refractivity contribution < 1.29 is 4.55 Å². The fourth-order valence-corrected chi connectivity index (χ4v) is 1.74. The third-order valence-corrected chi connectivity index (χ3v) is 2.76. The lowest BCUT2D eigenvalue weighted by Gasteiger charge is -2.04. The van der Waals surface area contributed by atoms with Gasteiger partial charge in [-0.25, -0.2) is 0 Å². The largest absolute Gasteiger partial charge is 0.325 e. The third kappa shape index (κ3) is 2.19. The van der Waals surface area contributed by atoms with Crippen molar-refractivity contribution >= 4 is 12.0 Å². The summed E-state index contributed by atoms with van der Waals surface area (Å²) in [6.45, 7) is 1.99. The first-order valence-corrected chi connectivity index (χ1v) is 5.42. The summed E-state index contributed by atoms with van der Waals surface area (Å²) in [5.74, 6) is 0. The molecule has 1 aromatic carbocycles. The number of benzene rings is 1. The van der Waals surface area contributed by atoms with Gasteiger partial charge in [-0.1, -0.05) is 18.2 Å². The Morgan fingerprint density at radius 3 is 2.47 bits per heavy atom. The predicted octanol–water partition coefficient (Wildman–Crippen LogP) is 3.62. The summed E-state index contributed by atoms with van der Waals surface area (Å²) < 4.78 is 8.86. The molecule has 0 unspecified atom stereocenters. The maximum absolute atomic E-state index is 8.86. The SMILES string of the molecule is Cc1ncccc1-c1ccc(SO)cc1. The van der Waals surface area contributed by atoms with Crippen LogP contribution in [-0.4, -0.2) is 9.54 Å². The summed E-state index contributed by atoms with van der Waals surface area (Å²) >= 11 is 0.761. The smallest absolute Gasteiger partial charge is 0.0450 e. The predicted molar refractivity (Wildman–Crippen MR) is 62.9 cm³/mol. The number of hydrogen-bond acceptors (Lipinski definition) is 3. The van der Waals surface area contributed by atoms with Crippen LogP contribution in [0.25, 0.3) is 11.1 Å². The number of nitrogens with zero attached hydrogens (tertiary/aromatic N) is 1. The maximum Gasteiger partial charge on any atom is 0.0450 e. The van der Waals surface area contributed by atoms with Gasteiger partial charge in [0, 0.05) is 34.4 Å². The summed E-state index contributed by atoms with van der Waals surface area (Å²) in [4.78, 5) is 5.09. The monoisotopic (exact) mass is 217 g/mol. The van der Waals surface area contributed by atoms with Crippen molar-refractivity contribution in [1.82, 2.24) is 4.98 Å². The Kier molecular flexibility index (Phi) is 3.04. The minimum absolute atomic E-state index is 0.761. The quantitative estimate of drug-likeness (QED) is 0.780. The van der Waals surface area contributed by atoms with Gasteiger partial charge in [0.1, 0.15) is 0 Å². The Labute approximate surface area is 93.2 Å². The van der Waals surface area contributed by atoms with Crippen LogP contribution in [0.3, 0.4) is 0 Å². The van der Waals surface area contributed by atoms with Crippen LogP contribution in [0.5, 0.6) is 0 Å². The molecule has 1 aromatic heterocycles. The van der Waals surface area contributed by atoms with Crippen molar-refractivity contribution in [2.45, 2.75) is 11.8 Å². The molecule has 0 amide bonds. The molecule has 1 N–H and O–H groups in total. The van der Waals surface area contributed by atoms with Gasteiger partial charge in [-0.2, -0.15) is 0 Å². The average molecular weight is 217 g/mol. The zero-order valence-corrected chi connectivity index (χ0v) is 9.16. The molecule has 0 bridgehead atoms. The van der Waals surface area contributed by atoms with E-state index in [0.717, 1.165) is 33.8 Å². The van der Waals surface area contributed by atoms with E-state index in [1.807, 2.05) is 43.3 Å². The van der Waals surface area contributed by atoms with Gasteiger partial charge in [0.15, 0.2) is 0 Å². The van der Waals surface area contributed by atoms with Crippen LogP contribution >= 0.6 is 12.0 Å². The highest BCUT2D eigenvalue weighted by Gasteiger charge is 2.01. The van der Waals surface area contributed by atoms with Crippen LogP contribution < -0.4 is 0 Å². The molecule has 0 aliphatic heterocycles. The van der Waals surface area contributed by atoms with Gasteiger partial charge in [0.05, 0.1) is 0 Å². The lowest BCUT2D eigenvalue weighted by Crippen LogP contribution is -1.85. The molecule has 0 saturated carbocycles. The number of pyridine rings is 1. The molecular formula is C12H11NOS. The van der Waals surface area contributed by atoms with Crippen LogP contribution in [0.1, 0.15) is 5.69 Å². The third-order valence-electron chi connectivity index (χ3n) is 2.28. The molecule has 2 nitrogen and oxygen atoms in total. The molecule has 0 spiro atoms. The minimum atomic E-state index is 0.761. The summed E-state index contributed by atoms with van der Waals surface area (Å²) in [5.41, 5.74) is 3.27. The van der Waals surface area contributed by atoms with Crippen LogP contribution in [0, 0.1) is 6.92 Å². The molecule has 0 fully saturated rings. The Morgan fingerprint density at radius 2 is 1.87 bits per heavy atom. The lowest BCUT2D eigenvalue weighted by atomic mass is 10.1. The summed E-state index contributed by atoms with van der Waals surface area (Å²) in [6, 6.07) is 11.7. The van der Waals surface area contributed by atoms with Gasteiger partial charge in [-0.05, 0) is 30.7 Å². The fraction of sp³-hybridized carbons (Fsp3) is 0.0833. The number of hydrogen-bond donors (Lipinski definition) is 1. The van der Waals surface area contributed by atoms with E-state index in [-0.39, 0.29) is 0 Å². The highest BCUT2D eigenvalue weighted by Crippen LogP contribution is 2.24.